The van der Waals surface area contributed by atoms with E-state index in [0.717, 1.165) is 24.0 Å². The molecule has 0 aromatic carbocycles. The molecular weight excluding hydrogens is 198 g/mol. The summed E-state index contributed by atoms with van der Waals surface area (Å²) in [5, 5.41) is 3.58. The SMILES string of the molecule is Cc1nccc(CN[C@H](C)C2CCCC2)n1. The van der Waals surface area contributed by atoms with Crippen LogP contribution in [0.4, 0.5) is 0 Å². The molecule has 0 radical (unpaired) electrons. The van der Waals surface area contributed by atoms with Crippen LogP contribution in [0, 0.1) is 12.8 Å². The summed E-state index contributed by atoms with van der Waals surface area (Å²) in [7, 11) is 0. The van der Waals surface area contributed by atoms with Gasteiger partial charge in [-0.05, 0) is 38.7 Å². The van der Waals surface area contributed by atoms with Gasteiger partial charge in [0, 0.05) is 18.8 Å². The predicted molar refractivity (Wildman–Crippen MR) is 65.0 cm³/mol. The van der Waals surface area contributed by atoms with Gasteiger partial charge < -0.3 is 5.32 Å². The maximum Gasteiger partial charge on any atom is 0.125 e. The van der Waals surface area contributed by atoms with Crippen LogP contribution < -0.4 is 5.32 Å². The van der Waals surface area contributed by atoms with Gasteiger partial charge in [-0.15, -0.1) is 0 Å². The summed E-state index contributed by atoms with van der Waals surface area (Å²) in [5.41, 5.74) is 1.09. The molecule has 0 amide bonds. The second kappa shape index (κ2) is 5.39. The molecule has 16 heavy (non-hydrogen) atoms. The molecule has 1 aromatic rings. The molecule has 1 aliphatic rings. The van der Waals surface area contributed by atoms with Crippen molar-refractivity contribution in [2.45, 2.75) is 52.1 Å². The van der Waals surface area contributed by atoms with Crippen LogP contribution in [0.3, 0.4) is 0 Å². The Morgan fingerprint density at radius 2 is 2.19 bits per heavy atom. The Morgan fingerprint density at radius 3 is 2.88 bits per heavy atom. The summed E-state index contributed by atoms with van der Waals surface area (Å²) in [4.78, 5) is 8.50. The van der Waals surface area contributed by atoms with Crippen LogP contribution in [0.5, 0.6) is 0 Å². The molecule has 1 heterocycles. The minimum Gasteiger partial charge on any atom is -0.308 e. The molecule has 0 aliphatic heterocycles. The Labute approximate surface area is 97.7 Å². The Balaban J connectivity index is 1.82. The molecule has 0 spiro atoms. The predicted octanol–water partition coefficient (Wildman–Crippen LogP) is 2.45. The van der Waals surface area contributed by atoms with Crippen molar-refractivity contribution in [2.24, 2.45) is 5.92 Å². The maximum atomic E-state index is 4.40. The van der Waals surface area contributed by atoms with E-state index in [9.17, 15) is 0 Å². The normalized spacial score (nSPS) is 18.9. The molecule has 1 saturated carbocycles. The second-order valence-corrected chi connectivity index (χ2v) is 4.81. The molecule has 2 rings (SSSR count). The van der Waals surface area contributed by atoms with E-state index >= 15 is 0 Å². The van der Waals surface area contributed by atoms with Gasteiger partial charge in [-0.3, -0.25) is 0 Å². The van der Waals surface area contributed by atoms with Gasteiger partial charge in [-0.25, -0.2) is 9.97 Å². The topological polar surface area (TPSA) is 37.8 Å². The lowest BCUT2D eigenvalue weighted by molar-refractivity contribution is 0.379. The fourth-order valence-corrected chi connectivity index (χ4v) is 2.49. The first-order valence-electron chi connectivity index (χ1n) is 6.27. The van der Waals surface area contributed by atoms with Gasteiger partial charge in [0.1, 0.15) is 5.82 Å². The number of hydrogen-bond donors (Lipinski definition) is 1. The van der Waals surface area contributed by atoms with Crippen LogP contribution in [0.25, 0.3) is 0 Å². The molecule has 1 N–H and O–H groups in total. The van der Waals surface area contributed by atoms with Gasteiger partial charge in [-0.2, -0.15) is 0 Å². The maximum absolute atomic E-state index is 4.40. The Bertz CT molecular complexity index is 332. The Hall–Kier alpha value is -0.960. The van der Waals surface area contributed by atoms with Crippen molar-refractivity contribution in [2.75, 3.05) is 0 Å². The largest absolute Gasteiger partial charge is 0.308 e. The van der Waals surface area contributed by atoms with Crippen molar-refractivity contribution in [3.63, 3.8) is 0 Å². The fraction of sp³-hybridized carbons (Fsp3) is 0.692. The van der Waals surface area contributed by atoms with Gasteiger partial charge in [0.2, 0.25) is 0 Å². The fourth-order valence-electron chi connectivity index (χ4n) is 2.49. The summed E-state index contributed by atoms with van der Waals surface area (Å²) in [6, 6.07) is 2.60. The summed E-state index contributed by atoms with van der Waals surface area (Å²) < 4.78 is 0. The smallest absolute Gasteiger partial charge is 0.125 e. The summed E-state index contributed by atoms with van der Waals surface area (Å²) in [5.74, 6) is 1.72. The number of aryl methyl sites for hydroxylation is 1. The van der Waals surface area contributed by atoms with Crippen LogP contribution in [-0.4, -0.2) is 16.0 Å². The van der Waals surface area contributed by atoms with Gasteiger partial charge in [0.25, 0.3) is 0 Å². The van der Waals surface area contributed by atoms with E-state index in [1.54, 1.807) is 0 Å². The van der Waals surface area contributed by atoms with Gasteiger partial charge in [0.05, 0.1) is 5.69 Å². The number of aromatic nitrogens is 2. The van der Waals surface area contributed by atoms with Crippen LogP contribution in [-0.2, 0) is 6.54 Å². The van der Waals surface area contributed by atoms with E-state index in [0.29, 0.717) is 6.04 Å². The molecule has 0 unspecified atom stereocenters. The number of hydrogen-bond acceptors (Lipinski definition) is 3. The third-order valence-electron chi connectivity index (χ3n) is 3.55. The van der Waals surface area contributed by atoms with E-state index in [1.165, 1.54) is 25.7 Å². The highest BCUT2D eigenvalue weighted by Gasteiger charge is 2.20. The van der Waals surface area contributed by atoms with E-state index in [1.807, 2.05) is 19.2 Å². The van der Waals surface area contributed by atoms with E-state index < -0.39 is 0 Å². The first-order chi connectivity index (χ1) is 7.75. The first kappa shape index (κ1) is 11.5. The molecule has 3 heteroatoms. The quantitative estimate of drug-likeness (QED) is 0.845. The lowest BCUT2D eigenvalue weighted by atomic mass is 10.00. The molecule has 0 bridgehead atoms. The van der Waals surface area contributed by atoms with Crippen molar-refractivity contribution in [3.05, 3.63) is 23.8 Å². The molecule has 3 nitrogen and oxygen atoms in total. The van der Waals surface area contributed by atoms with Crippen molar-refractivity contribution < 1.29 is 0 Å². The van der Waals surface area contributed by atoms with E-state index in [-0.39, 0.29) is 0 Å². The molecule has 88 valence electrons. The van der Waals surface area contributed by atoms with Gasteiger partial charge >= 0.3 is 0 Å². The van der Waals surface area contributed by atoms with Crippen LogP contribution in [0.15, 0.2) is 12.3 Å². The average molecular weight is 219 g/mol. The van der Waals surface area contributed by atoms with Crippen LogP contribution in [0.1, 0.15) is 44.1 Å². The Kier molecular flexibility index (Phi) is 3.88. The summed E-state index contributed by atoms with van der Waals surface area (Å²) in [6.45, 7) is 5.09. The third kappa shape index (κ3) is 3.01. The van der Waals surface area contributed by atoms with Crippen molar-refractivity contribution in [1.29, 1.82) is 0 Å². The molecular formula is C13H21N3. The third-order valence-corrected chi connectivity index (χ3v) is 3.55. The minimum absolute atomic E-state index is 0.609. The van der Waals surface area contributed by atoms with Crippen molar-refractivity contribution in [1.82, 2.24) is 15.3 Å². The van der Waals surface area contributed by atoms with Gasteiger partial charge in [-0.1, -0.05) is 12.8 Å². The standard InChI is InChI=1S/C13H21N3/c1-10(12-5-3-4-6-12)15-9-13-7-8-14-11(2)16-13/h7-8,10,12,15H,3-6,9H2,1-2H3/t10-/m1/s1. The van der Waals surface area contributed by atoms with Crippen LogP contribution >= 0.6 is 0 Å². The minimum atomic E-state index is 0.609. The number of rotatable bonds is 4. The summed E-state index contributed by atoms with van der Waals surface area (Å²) >= 11 is 0. The molecule has 1 aliphatic carbocycles. The molecule has 1 aromatic heterocycles. The molecule has 1 fully saturated rings. The highest BCUT2D eigenvalue weighted by atomic mass is 15.0. The second-order valence-electron chi connectivity index (χ2n) is 4.81. The van der Waals surface area contributed by atoms with E-state index in [4.69, 9.17) is 0 Å². The van der Waals surface area contributed by atoms with Gasteiger partial charge in [0.15, 0.2) is 0 Å². The lowest BCUT2D eigenvalue weighted by Crippen LogP contribution is -2.32. The average Bonchev–Trinajstić information content (AvgIpc) is 2.79. The van der Waals surface area contributed by atoms with E-state index in [2.05, 4.69) is 22.2 Å². The molecule has 0 saturated heterocycles. The highest BCUT2D eigenvalue weighted by Crippen LogP contribution is 2.27. The Morgan fingerprint density at radius 1 is 1.44 bits per heavy atom. The van der Waals surface area contributed by atoms with Crippen molar-refractivity contribution in [3.8, 4) is 0 Å². The lowest BCUT2D eigenvalue weighted by Gasteiger charge is -2.20. The number of nitrogens with zero attached hydrogens (tertiary/aromatic N) is 2. The zero-order chi connectivity index (χ0) is 11.4. The summed E-state index contributed by atoms with van der Waals surface area (Å²) in [6.07, 6.45) is 7.42. The monoisotopic (exact) mass is 219 g/mol. The van der Waals surface area contributed by atoms with Crippen LogP contribution in [0.2, 0.25) is 0 Å². The molecule has 1 atom stereocenters. The van der Waals surface area contributed by atoms with Crippen molar-refractivity contribution >= 4 is 0 Å². The first-order valence-corrected chi connectivity index (χ1v) is 6.27. The zero-order valence-corrected chi connectivity index (χ0v) is 10.2. The highest BCUT2D eigenvalue weighted by molar-refractivity contribution is 5.01. The number of nitrogens with one attached hydrogen (secondary N) is 1. The zero-order valence-electron chi connectivity index (χ0n) is 10.2.